The van der Waals surface area contributed by atoms with Gasteiger partial charge in [0.15, 0.2) is 0 Å². The number of amides is 1. The topological polar surface area (TPSA) is 55.4 Å². The third-order valence-corrected chi connectivity index (χ3v) is 2.45. The molecule has 0 aliphatic heterocycles. The van der Waals surface area contributed by atoms with Gasteiger partial charge in [-0.25, -0.2) is 4.79 Å². The van der Waals surface area contributed by atoms with Crippen LogP contribution in [0.1, 0.15) is 34.6 Å². The zero-order valence-corrected chi connectivity index (χ0v) is 13.3. The summed E-state index contributed by atoms with van der Waals surface area (Å²) < 4.78 is 42.2. The summed E-state index contributed by atoms with van der Waals surface area (Å²) in [6, 6.07) is -1.42. The number of esters is 1. The van der Waals surface area contributed by atoms with Gasteiger partial charge < -0.3 is 10.1 Å². The Morgan fingerprint density at radius 3 is 2.09 bits per heavy atom. The fourth-order valence-electron chi connectivity index (χ4n) is 1.45. The first-order valence-electron chi connectivity index (χ1n) is 6.78. The van der Waals surface area contributed by atoms with Gasteiger partial charge in [-0.2, -0.15) is 13.2 Å². The molecule has 0 radical (unpaired) electrons. The molecule has 0 aliphatic carbocycles. The van der Waals surface area contributed by atoms with E-state index in [1.807, 2.05) is 0 Å². The summed E-state index contributed by atoms with van der Waals surface area (Å²) in [4.78, 5) is 23.1. The van der Waals surface area contributed by atoms with Crippen molar-refractivity contribution in [3.63, 3.8) is 0 Å². The van der Waals surface area contributed by atoms with Crippen LogP contribution in [0.5, 0.6) is 0 Å². The summed E-state index contributed by atoms with van der Waals surface area (Å²) >= 11 is 0. The molecule has 0 bridgehead atoms. The number of carbonyl (C=O) groups excluding carboxylic acids is 2. The van der Waals surface area contributed by atoms with Gasteiger partial charge in [-0.15, -0.1) is 0 Å². The Morgan fingerprint density at radius 2 is 1.68 bits per heavy atom. The lowest BCUT2D eigenvalue weighted by molar-refractivity contribution is -0.177. The number of alkyl halides is 3. The third kappa shape index (κ3) is 7.85. The minimum Gasteiger partial charge on any atom is -0.458 e. The number of hydrogen-bond donors (Lipinski definition) is 1. The lowest BCUT2D eigenvalue weighted by Gasteiger charge is -2.27. The van der Waals surface area contributed by atoms with E-state index in [2.05, 4.69) is 0 Å². The second-order valence-corrected chi connectivity index (χ2v) is 5.75. The first kappa shape index (κ1) is 20.2. The second-order valence-electron chi connectivity index (χ2n) is 5.75. The molecule has 0 heterocycles. The maximum Gasteiger partial charge on any atom is 0.471 e. The van der Waals surface area contributed by atoms with Crippen molar-refractivity contribution in [1.82, 2.24) is 5.32 Å². The minimum atomic E-state index is -5.06. The largest absolute Gasteiger partial charge is 0.471 e. The van der Waals surface area contributed by atoms with Crippen molar-refractivity contribution < 1.29 is 27.5 Å². The van der Waals surface area contributed by atoms with E-state index in [4.69, 9.17) is 4.74 Å². The number of rotatable bonds is 5. The number of carbonyl (C=O) groups is 2. The molecule has 0 saturated carbocycles. The molecular weight excluding hydrogens is 299 g/mol. The number of hydrogen-bond acceptors (Lipinski definition) is 3. The van der Waals surface area contributed by atoms with Crippen molar-refractivity contribution in [2.75, 3.05) is 0 Å². The molecule has 1 amide bonds. The maximum atomic E-state index is 12.4. The highest BCUT2D eigenvalue weighted by atomic mass is 19.4. The van der Waals surface area contributed by atoms with Crippen molar-refractivity contribution in [1.29, 1.82) is 0 Å². The molecule has 0 aromatic heterocycles. The average molecular weight is 321 g/mol. The summed E-state index contributed by atoms with van der Waals surface area (Å²) in [6.45, 7) is 8.06. The first-order chi connectivity index (χ1) is 9.88. The fraction of sp³-hybridized carbons (Fsp3) is 0.600. The zero-order chi connectivity index (χ0) is 17.6. The molecule has 0 rings (SSSR count). The Morgan fingerprint density at radius 1 is 1.14 bits per heavy atom. The van der Waals surface area contributed by atoms with Gasteiger partial charge in [0.05, 0.1) is 0 Å². The van der Waals surface area contributed by atoms with Crippen molar-refractivity contribution in [2.45, 2.75) is 52.4 Å². The molecule has 4 nitrogen and oxygen atoms in total. The fourth-order valence-corrected chi connectivity index (χ4v) is 1.45. The molecule has 0 saturated heterocycles. The van der Waals surface area contributed by atoms with Crippen molar-refractivity contribution in [3.8, 4) is 0 Å². The highest BCUT2D eigenvalue weighted by Crippen LogP contribution is 2.18. The number of halogens is 3. The van der Waals surface area contributed by atoms with E-state index in [9.17, 15) is 22.8 Å². The van der Waals surface area contributed by atoms with Gasteiger partial charge in [-0.1, -0.05) is 31.2 Å². The van der Waals surface area contributed by atoms with Crippen LogP contribution in [0.3, 0.4) is 0 Å². The zero-order valence-electron chi connectivity index (χ0n) is 13.3. The Hall–Kier alpha value is -1.79. The van der Waals surface area contributed by atoms with Crippen LogP contribution < -0.4 is 5.32 Å². The Bertz CT molecular complexity index is 448. The predicted octanol–water partition coefficient (Wildman–Crippen LogP) is 3.14. The van der Waals surface area contributed by atoms with Gasteiger partial charge in [0, 0.05) is 5.92 Å². The molecule has 7 heteroatoms. The van der Waals surface area contributed by atoms with Crippen LogP contribution in [0.15, 0.2) is 24.3 Å². The Labute approximate surface area is 128 Å². The summed E-state index contributed by atoms with van der Waals surface area (Å²) in [7, 11) is 0. The highest BCUT2D eigenvalue weighted by molar-refractivity contribution is 5.88. The van der Waals surface area contributed by atoms with E-state index in [0.717, 1.165) is 0 Å². The molecule has 0 aromatic rings. The smallest absolute Gasteiger partial charge is 0.458 e. The molecule has 126 valence electrons. The number of allylic oxidation sites excluding steroid dienone is 3. The van der Waals surface area contributed by atoms with Crippen LogP contribution in [-0.4, -0.2) is 29.7 Å². The van der Waals surface area contributed by atoms with Gasteiger partial charge in [-0.3, -0.25) is 4.79 Å². The van der Waals surface area contributed by atoms with Gasteiger partial charge in [0.2, 0.25) is 0 Å². The molecule has 0 spiro atoms. The predicted molar refractivity (Wildman–Crippen MR) is 76.9 cm³/mol. The summed E-state index contributed by atoms with van der Waals surface area (Å²) in [6.07, 6.45) is 1.42. The number of ether oxygens (including phenoxy) is 1. The van der Waals surface area contributed by atoms with E-state index in [1.54, 1.807) is 51.2 Å². The summed E-state index contributed by atoms with van der Waals surface area (Å²) in [5.41, 5.74) is -0.870. The molecule has 22 heavy (non-hydrogen) atoms. The highest BCUT2D eigenvalue weighted by Gasteiger charge is 2.42. The minimum absolute atomic E-state index is 0.669. The second kappa shape index (κ2) is 8.00. The third-order valence-electron chi connectivity index (χ3n) is 2.45. The molecule has 2 unspecified atom stereocenters. The van der Waals surface area contributed by atoms with Crippen molar-refractivity contribution in [3.05, 3.63) is 24.3 Å². The van der Waals surface area contributed by atoms with E-state index in [0.29, 0.717) is 0 Å². The van der Waals surface area contributed by atoms with Crippen LogP contribution >= 0.6 is 0 Å². The molecule has 1 N–H and O–H groups in total. The van der Waals surface area contributed by atoms with Crippen LogP contribution in [0.2, 0.25) is 0 Å². The van der Waals surface area contributed by atoms with E-state index < -0.39 is 35.6 Å². The summed E-state index contributed by atoms with van der Waals surface area (Å²) in [5, 5.41) is 1.69. The van der Waals surface area contributed by atoms with Gasteiger partial charge in [0.25, 0.3) is 0 Å². The van der Waals surface area contributed by atoms with E-state index in [-0.39, 0.29) is 0 Å². The van der Waals surface area contributed by atoms with Crippen molar-refractivity contribution in [2.24, 2.45) is 5.92 Å². The van der Waals surface area contributed by atoms with Gasteiger partial charge >= 0.3 is 18.1 Å². The van der Waals surface area contributed by atoms with E-state index >= 15 is 0 Å². The van der Waals surface area contributed by atoms with Crippen LogP contribution in [0.25, 0.3) is 0 Å². The maximum absolute atomic E-state index is 12.4. The van der Waals surface area contributed by atoms with E-state index in [1.165, 1.54) is 13.0 Å². The Balaban J connectivity index is 5.22. The molecule has 0 aromatic carbocycles. The molecule has 2 atom stereocenters. The van der Waals surface area contributed by atoms with Crippen LogP contribution in [-0.2, 0) is 14.3 Å². The monoisotopic (exact) mass is 321 g/mol. The summed E-state index contributed by atoms with van der Waals surface area (Å²) in [5.74, 6) is -3.75. The lowest BCUT2D eigenvalue weighted by atomic mass is 10.0. The normalized spacial score (nSPS) is 15.8. The SMILES string of the molecule is C/C=C/C=C/C(C)C(NC(=O)C(F)(F)F)C(=O)OC(C)(C)C. The Kier molecular flexibility index (Phi) is 7.35. The van der Waals surface area contributed by atoms with Crippen molar-refractivity contribution >= 4 is 11.9 Å². The lowest BCUT2D eigenvalue weighted by Crippen LogP contribution is -2.51. The van der Waals surface area contributed by atoms with Crippen LogP contribution in [0.4, 0.5) is 13.2 Å². The molecule has 0 aliphatic rings. The standard InChI is InChI=1S/C15H22F3NO3/c1-6-7-8-9-10(2)11(12(20)22-14(3,4)5)19-13(21)15(16,17)18/h6-11H,1-5H3,(H,19,21)/b7-6+,9-8+. The van der Waals surface area contributed by atoms with Gasteiger partial charge in [-0.05, 0) is 27.7 Å². The van der Waals surface area contributed by atoms with Gasteiger partial charge in [0.1, 0.15) is 11.6 Å². The molecule has 0 fully saturated rings. The quantitative estimate of drug-likeness (QED) is 0.625. The average Bonchev–Trinajstić information content (AvgIpc) is 2.32. The first-order valence-corrected chi connectivity index (χ1v) is 6.78. The number of nitrogens with one attached hydrogen (secondary N) is 1. The molecular formula is C15H22F3NO3. The van der Waals surface area contributed by atoms with Crippen LogP contribution in [0, 0.1) is 5.92 Å².